The number of nitrogens with one attached hydrogen (secondary N) is 1. The van der Waals surface area contributed by atoms with E-state index >= 15 is 0 Å². The number of carbonyl (C=O) groups excluding carboxylic acids is 1. The third kappa shape index (κ3) is 3.10. The Morgan fingerprint density at radius 3 is 2.91 bits per heavy atom. The SMILES string of the molecule is Cc1ocnc1C(=O)NC[C@H]1CCN(c2ccc(F)cc2)C1. The van der Waals surface area contributed by atoms with Gasteiger partial charge in [0.1, 0.15) is 11.6 Å². The molecule has 0 saturated carbocycles. The van der Waals surface area contributed by atoms with Gasteiger partial charge < -0.3 is 14.6 Å². The molecule has 116 valence electrons. The zero-order valence-corrected chi connectivity index (χ0v) is 12.4. The summed E-state index contributed by atoms with van der Waals surface area (Å²) in [6, 6.07) is 6.51. The highest BCUT2D eigenvalue weighted by molar-refractivity contribution is 5.93. The number of hydrogen-bond acceptors (Lipinski definition) is 4. The predicted molar refractivity (Wildman–Crippen MR) is 80.3 cm³/mol. The largest absolute Gasteiger partial charge is 0.448 e. The molecule has 1 aromatic carbocycles. The second-order valence-corrected chi connectivity index (χ2v) is 5.54. The summed E-state index contributed by atoms with van der Waals surface area (Å²) in [6.07, 6.45) is 2.27. The van der Waals surface area contributed by atoms with Crippen LogP contribution in [0.5, 0.6) is 0 Å². The van der Waals surface area contributed by atoms with Crippen LogP contribution in [0, 0.1) is 18.7 Å². The minimum Gasteiger partial charge on any atom is -0.448 e. The molecule has 5 nitrogen and oxygen atoms in total. The average Bonchev–Trinajstić information content (AvgIpc) is 3.14. The molecule has 1 saturated heterocycles. The standard InChI is InChI=1S/C16H18FN3O2/c1-11-15(19-10-22-11)16(21)18-8-12-6-7-20(9-12)14-4-2-13(17)3-5-14/h2-5,10,12H,6-9H2,1H3,(H,18,21)/t12-/m1/s1. The zero-order chi connectivity index (χ0) is 15.5. The van der Waals surface area contributed by atoms with Crippen molar-refractivity contribution in [1.29, 1.82) is 0 Å². The quantitative estimate of drug-likeness (QED) is 0.942. The molecule has 0 spiro atoms. The zero-order valence-electron chi connectivity index (χ0n) is 12.4. The van der Waals surface area contributed by atoms with Gasteiger partial charge in [-0.1, -0.05) is 0 Å². The second-order valence-electron chi connectivity index (χ2n) is 5.54. The lowest BCUT2D eigenvalue weighted by atomic mass is 10.1. The minimum absolute atomic E-state index is 0.202. The number of nitrogens with zero attached hydrogens (tertiary/aromatic N) is 2. The van der Waals surface area contributed by atoms with Crippen molar-refractivity contribution in [2.45, 2.75) is 13.3 Å². The van der Waals surface area contributed by atoms with E-state index in [1.54, 1.807) is 19.1 Å². The van der Waals surface area contributed by atoms with Crippen molar-refractivity contribution >= 4 is 11.6 Å². The van der Waals surface area contributed by atoms with Crippen LogP contribution in [0.2, 0.25) is 0 Å². The van der Waals surface area contributed by atoms with E-state index in [-0.39, 0.29) is 11.7 Å². The lowest BCUT2D eigenvalue weighted by Crippen LogP contribution is -2.31. The molecular formula is C16H18FN3O2. The number of aryl methyl sites for hydroxylation is 1. The van der Waals surface area contributed by atoms with E-state index in [2.05, 4.69) is 15.2 Å². The summed E-state index contributed by atoms with van der Waals surface area (Å²) in [4.78, 5) is 18.1. The molecule has 1 fully saturated rings. The van der Waals surface area contributed by atoms with Gasteiger partial charge in [0, 0.05) is 25.3 Å². The van der Waals surface area contributed by atoms with E-state index in [1.165, 1.54) is 18.5 Å². The molecule has 3 rings (SSSR count). The van der Waals surface area contributed by atoms with Gasteiger partial charge in [-0.25, -0.2) is 9.37 Å². The van der Waals surface area contributed by atoms with Gasteiger partial charge in [-0.3, -0.25) is 4.79 Å². The van der Waals surface area contributed by atoms with Crippen LogP contribution in [0.1, 0.15) is 22.7 Å². The number of oxazole rings is 1. The summed E-state index contributed by atoms with van der Waals surface area (Å²) in [7, 11) is 0. The van der Waals surface area contributed by atoms with E-state index in [0.29, 0.717) is 23.9 Å². The van der Waals surface area contributed by atoms with Crippen LogP contribution in [-0.4, -0.2) is 30.5 Å². The Morgan fingerprint density at radius 2 is 2.23 bits per heavy atom. The van der Waals surface area contributed by atoms with Crippen molar-refractivity contribution in [3.05, 3.63) is 47.9 Å². The maximum absolute atomic E-state index is 12.9. The minimum atomic E-state index is -0.227. The van der Waals surface area contributed by atoms with Gasteiger partial charge in [0.25, 0.3) is 5.91 Å². The molecule has 1 amide bonds. The Kier molecular flexibility index (Phi) is 4.09. The van der Waals surface area contributed by atoms with E-state index in [0.717, 1.165) is 25.2 Å². The summed E-state index contributed by atoms with van der Waals surface area (Å²) >= 11 is 0. The molecule has 1 aromatic heterocycles. The van der Waals surface area contributed by atoms with Crippen LogP contribution >= 0.6 is 0 Å². The van der Waals surface area contributed by atoms with Crippen LogP contribution in [0.15, 0.2) is 35.1 Å². The molecule has 6 heteroatoms. The number of anilines is 1. The van der Waals surface area contributed by atoms with Crippen LogP contribution in [0.25, 0.3) is 0 Å². The number of carbonyl (C=O) groups is 1. The van der Waals surface area contributed by atoms with E-state index < -0.39 is 0 Å². The Morgan fingerprint density at radius 1 is 1.45 bits per heavy atom. The Labute approximate surface area is 128 Å². The van der Waals surface area contributed by atoms with Gasteiger partial charge in [0.2, 0.25) is 0 Å². The van der Waals surface area contributed by atoms with Crippen molar-refractivity contribution in [3.63, 3.8) is 0 Å². The van der Waals surface area contributed by atoms with Crippen LogP contribution < -0.4 is 10.2 Å². The number of hydrogen-bond donors (Lipinski definition) is 1. The van der Waals surface area contributed by atoms with Crippen LogP contribution in [0.3, 0.4) is 0 Å². The Balaban J connectivity index is 1.52. The predicted octanol–water partition coefficient (Wildman–Crippen LogP) is 2.38. The van der Waals surface area contributed by atoms with E-state index in [1.807, 2.05) is 0 Å². The first-order valence-corrected chi connectivity index (χ1v) is 7.32. The molecule has 0 bridgehead atoms. The molecule has 2 heterocycles. The Bertz CT molecular complexity index is 654. The number of amides is 1. The van der Waals surface area contributed by atoms with Crippen LogP contribution in [0.4, 0.5) is 10.1 Å². The molecule has 1 aliphatic rings. The number of halogens is 1. The smallest absolute Gasteiger partial charge is 0.273 e. The van der Waals surface area contributed by atoms with Gasteiger partial charge in [-0.05, 0) is 43.5 Å². The molecular weight excluding hydrogens is 285 g/mol. The maximum atomic E-state index is 12.9. The molecule has 2 aromatic rings. The monoisotopic (exact) mass is 303 g/mol. The molecule has 22 heavy (non-hydrogen) atoms. The maximum Gasteiger partial charge on any atom is 0.273 e. The second kappa shape index (κ2) is 6.17. The number of rotatable bonds is 4. The molecule has 0 radical (unpaired) electrons. The summed E-state index contributed by atoms with van der Waals surface area (Å²) in [5.74, 6) is 0.472. The van der Waals surface area contributed by atoms with Crippen molar-refractivity contribution in [3.8, 4) is 0 Å². The number of benzene rings is 1. The van der Waals surface area contributed by atoms with E-state index in [9.17, 15) is 9.18 Å². The molecule has 1 atom stereocenters. The topological polar surface area (TPSA) is 58.4 Å². The lowest BCUT2D eigenvalue weighted by molar-refractivity contribution is 0.0942. The Hall–Kier alpha value is -2.37. The van der Waals surface area contributed by atoms with E-state index in [4.69, 9.17) is 4.42 Å². The lowest BCUT2D eigenvalue weighted by Gasteiger charge is -2.18. The first kappa shape index (κ1) is 14.6. The summed E-state index contributed by atoms with van der Waals surface area (Å²) in [6.45, 7) is 4.08. The third-order valence-corrected chi connectivity index (χ3v) is 3.99. The van der Waals surface area contributed by atoms with Gasteiger partial charge in [0.15, 0.2) is 12.1 Å². The average molecular weight is 303 g/mol. The van der Waals surface area contributed by atoms with Crippen molar-refractivity contribution in [2.24, 2.45) is 5.92 Å². The van der Waals surface area contributed by atoms with Crippen molar-refractivity contribution in [2.75, 3.05) is 24.5 Å². The summed E-state index contributed by atoms with van der Waals surface area (Å²) in [5, 5.41) is 2.90. The fourth-order valence-electron chi connectivity index (χ4n) is 2.73. The fraction of sp³-hybridized carbons (Fsp3) is 0.375. The summed E-state index contributed by atoms with van der Waals surface area (Å²) in [5.41, 5.74) is 1.36. The van der Waals surface area contributed by atoms with Gasteiger partial charge in [-0.2, -0.15) is 0 Å². The van der Waals surface area contributed by atoms with Gasteiger partial charge in [0.05, 0.1) is 0 Å². The number of aromatic nitrogens is 1. The molecule has 0 unspecified atom stereocenters. The van der Waals surface area contributed by atoms with Gasteiger partial charge in [-0.15, -0.1) is 0 Å². The molecule has 0 aliphatic carbocycles. The van der Waals surface area contributed by atoms with Crippen molar-refractivity contribution < 1.29 is 13.6 Å². The van der Waals surface area contributed by atoms with Crippen LogP contribution in [-0.2, 0) is 0 Å². The highest BCUT2D eigenvalue weighted by atomic mass is 19.1. The normalized spacial score (nSPS) is 17.7. The molecule has 1 N–H and O–H groups in total. The summed E-state index contributed by atoms with van der Waals surface area (Å²) < 4.78 is 18.0. The third-order valence-electron chi connectivity index (χ3n) is 3.99. The first-order chi connectivity index (χ1) is 10.6. The highest BCUT2D eigenvalue weighted by Crippen LogP contribution is 2.23. The molecule has 1 aliphatic heterocycles. The first-order valence-electron chi connectivity index (χ1n) is 7.32. The van der Waals surface area contributed by atoms with Gasteiger partial charge >= 0.3 is 0 Å². The van der Waals surface area contributed by atoms with Crippen molar-refractivity contribution in [1.82, 2.24) is 10.3 Å². The fourth-order valence-corrected chi connectivity index (χ4v) is 2.73. The highest BCUT2D eigenvalue weighted by Gasteiger charge is 2.24.